The Bertz CT molecular complexity index is 7920. The van der Waals surface area contributed by atoms with Gasteiger partial charge in [0, 0.05) is 65.3 Å². The Morgan fingerprint density at radius 2 is 0.622 bits per heavy atom. The summed E-state index contributed by atoms with van der Waals surface area (Å²) in [7, 11) is 0. The molecule has 8 bridgehead atoms. The van der Waals surface area contributed by atoms with Crippen molar-refractivity contribution in [1.82, 2.24) is 33.2 Å². The maximum absolute atomic E-state index is 5.21. The van der Waals surface area contributed by atoms with E-state index in [0.29, 0.717) is 0 Å². The Kier molecular flexibility index (Phi) is 13.5. The fourth-order valence-electron chi connectivity index (χ4n) is 26.9. The molecule has 119 heavy (non-hydrogen) atoms. The standard InChI is InChI=1S/C58H42N4.C53H39N3S/c1-2-10-37-31-52-51(30-36(37)9-1)59-33-57(60-52)62-54-16-8-5-13-46(54)48-29-39(18-22-56(48)62)38-17-21-55-47(28-38)45-12-4-7-15-53(45)61(55)42-19-20-44-43-11-3-6-14-49(43)58(50(44)32-42)40-24-34-23-35(26-40)27-41(58)25-34;1-4-12-44-38(9-1)39-20-19-37(30-45(39)53(44)35-24-31-23-32(26-35)27-36(53)25-31)55-47-14-6-2-10-40(47)42-28-33(17-21-49(42)55)34-18-22-50-43(29-34)41-11-3-7-15-48(41)56(50)52-54-46-13-5-8-16-51(46)57-52/h1-22,28-35,40-41H,23-27H2;1-22,28-32,35-36H,23-27H2. The van der Waals surface area contributed by atoms with E-state index in [-0.39, 0.29) is 10.8 Å². The predicted octanol–water partition coefficient (Wildman–Crippen LogP) is 28.2. The lowest BCUT2D eigenvalue weighted by molar-refractivity contribution is -0.0399. The SMILES string of the molecule is c1ccc2c(c1)-c1ccc(-n3c4ccccc4c4cc(-c5ccc6c(c5)c5ccccc5n6-c5cnc6cc7ccccc7cc6n5)ccc43)cc1C21C2CC3CC(C2)CC1C3.c1ccc2c(c1)-c1ccc(-n3c4ccccc4c4cc(-c5ccc6c(c5)c5ccccc5n6-c5nc6ccccc6s5)ccc43)cc1C21C2CC3CC(C2)CC1C3. The monoisotopic (exact) mass is 1540 g/mol. The van der Waals surface area contributed by atoms with Crippen molar-refractivity contribution in [2.45, 2.75) is 75.0 Å². The first-order valence-corrected chi connectivity index (χ1v) is 44.3. The van der Waals surface area contributed by atoms with Gasteiger partial charge in [-0.05, 0) is 310 Å². The molecule has 8 fully saturated rings. The minimum Gasteiger partial charge on any atom is -0.309 e. The van der Waals surface area contributed by atoms with Crippen molar-refractivity contribution in [3.63, 3.8) is 0 Å². The van der Waals surface area contributed by atoms with Crippen molar-refractivity contribution in [1.29, 1.82) is 0 Å². The molecule has 8 heteroatoms. The fraction of sp³-hybridized carbons (Fsp3) is 0.180. The molecule has 31 rings (SSSR count). The number of fused-ring (bicyclic) bond motifs is 21. The number of rotatable bonds is 6. The van der Waals surface area contributed by atoms with Crippen LogP contribution >= 0.6 is 11.3 Å². The lowest BCUT2D eigenvalue weighted by Crippen LogP contribution is -2.55. The molecule has 2 spiro atoms. The largest absolute Gasteiger partial charge is 0.309 e. The van der Waals surface area contributed by atoms with Gasteiger partial charge in [0.25, 0.3) is 0 Å². The van der Waals surface area contributed by atoms with E-state index in [1.807, 2.05) is 6.20 Å². The van der Waals surface area contributed by atoms with Crippen LogP contribution in [-0.2, 0) is 10.8 Å². The van der Waals surface area contributed by atoms with Crippen LogP contribution in [0.25, 0.3) is 186 Å². The van der Waals surface area contributed by atoms with Gasteiger partial charge >= 0.3 is 0 Å². The van der Waals surface area contributed by atoms with Gasteiger partial charge in [-0.15, -0.1) is 0 Å². The average molecular weight is 1540 g/mol. The van der Waals surface area contributed by atoms with Crippen LogP contribution in [-0.4, -0.2) is 33.2 Å². The summed E-state index contributed by atoms with van der Waals surface area (Å²) < 4.78 is 10.9. The van der Waals surface area contributed by atoms with Gasteiger partial charge in [0.05, 0.1) is 71.6 Å². The van der Waals surface area contributed by atoms with Crippen molar-refractivity contribution < 1.29 is 0 Å². The summed E-state index contributed by atoms with van der Waals surface area (Å²) >= 11 is 1.75. The zero-order valence-corrected chi connectivity index (χ0v) is 66.6. The molecule has 21 aromatic rings. The van der Waals surface area contributed by atoms with E-state index < -0.39 is 0 Å². The van der Waals surface area contributed by atoms with Crippen LogP contribution in [0.15, 0.2) is 322 Å². The Balaban J connectivity index is 0.000000124. The first kappa shape index (κ1) is 66.1. The van der Waals surface area contributed by atoms with Crippen LogP contribution < -0.4 is 0 Å². The van der Waals surface area contributed by atoms with Crippen molar-refractivity contribution in [2.75, 3.05) is 0 Å². The van der Waals surface area contributed by atoms with E-state index in [9.17, 15) is 0 Å². The average Bonchev–Trinajstić information content (AvgIpc) is 1.54. The van der Waals surface area contributed by atoms with Gasteiger partial charge in [-0.3, -0.25) is 14.1 Å². The molecule has 0 amide bonds. The molecule has 10 aliphatic carbocycles. The topological polar surface area (TPSA) is 58.4 Å². The molecule has 15 aromatic carbocycles. The summed E-state index contributed by atoms with van der Waals surface area (Å²) in [5.41, 5.74) is 32.6. The third-order valence-electron chi connectivity index (χ3n) is 31.0. The highest BCUT2D eigenvalue weighted by Crippen LogP contribution is 2.72. The second-order valence-electron chi connectivity index (χ2n) is 36.6. The van der Waals surface area contributed by atoms with Gasteiger partial charge in [0.1, 0.15) is 0 Å². The number of aromatic nitrogens is 7. The van der Waals surface area contributed by atoms with E-state index >= 15 is 0 Å². The maximum Gasteiger partial charge on any atom is 0.195 e. The number of benzene rings is 15. The van der Waals surface area contributed by atoms with E-state index in [1.54, 1.807) is 33.6 Å². The molecule has 0 N–H and O–H groups in total. The second kappa shape index (κ2) is 24.3. The smallest absolute Gasteiger partial charge is 0.195 e. The normalized spacial score (nSPS) is 22.7. The molecule has 10 aliphatic rings. The molecule has 7 nitrogen and oxygen atoms in total. The maximum atomic E-state index is 5.21. The number of hydrogen-bond donors (Lipinski definition) is 0. The summed E-state index contributed by atoms with van der Waals surface area (Å²) in [5.74, 6) is 7.52. The number of thiazole rings is 1. The van der Waals surface area contributed by atoms with Crippen molar-refractivity contribution in [3.05, 3.63) is 344 Å². The summed E-state index contributed by atoms with van der Waals surface area (Å²) in [6, 6.07) is 119. The van der Waals surface area contributed by atoms with Crippen LogP contribution in [0.3, 0.4) is 0 Å². The van der Waals surface area contributed by atoms with Crippen LogP contribution in [0.5, 0.6) is 0 Å². The fourth-order valence-corrected chi connectivity index (χ4v) is 27.9. The molecule has 0 radical (unpaired) electrons. The lowest BCUT2D eigenvalue weighted by atomic mass is 9.43. The van der Waals surface area contributed by atoms with Crippen molar-refractivity contribution in [2.24, 2.45) is 47.3 Å². The molecule has 6 aromatic heterocycles. The first-order chi connectivity index (χ1) is 58.9. The molecular weight excluding hydrogens is 1460 g/mol. The van der Waals surface area contributed by atoms with E-state index in [1.165, 1.54) is 212 Å². The Hall–Kier alpha value is -13.0. The zero-order valence-electron chi connectivity index (χ0n) is 65.8. The summed E-state index contributed by atoms with van der Waals surface area (Å²) in [6.45, 7) is 0. The minimum absolute atomic E-state index is 0.138. The van der Waals surface area contributed by atoms with Crippen LogP contribution in [0.2, 0.25) is 0 Å². The highest BCUT2D eigenvalue weighted by Gasteiger charge is 2.63. The van der Waals surface area contributed by atoms with Crippen LogP contribution in [0.4, 0.5) is 0 Å². The molecular formula is C111H81N7S. The second-order valence-corrected chi connectivity index (χ2v) is 37.6. The lowest BCUT2D eigenvalue weighted by Gasteiger charge is -2.61. The van der Waals surface area contributed by atoms with Gasteiger partial charge in [0.15, 0.2) is 10.9 Å². The van der Waals surface area contributed by atoms with Gasteiger partial charge in [-0.1, -0.05) is 205 Å². The van der Waals surface area contributed by atoms with Gasteiger partial charge in [0.2, 0.25) is 0 Å². The van der Waals surface area contributed by atoms with E-state index in [0.717, 1.165) is 85.9 Å². The molecule has 6 heterocycles. The molecule has 0 unspecified atom stereocenters. The summed E-state index contributed by atoms with van der Waals surface area (Å²) in [5, 5.41) is 13.4. The minimum atomic E-state index is 0.138. The Morgan fingerprint density at radius 1 is 0.261 bits per heavy atom. The molecule has 8 saturated carbocycles. The zero-order chi connectivity index (χ0) is 77.2. The summed E-state index contributed by atoms with van der Waals surface area (Å²) in [6.07, 6.45) is 16.0. The third kappa shape index (κ3) is 9.09. The van der Waals surface area contributed by atoms with E-state index in [4.69, 9.17) is 15.0 Å². The molecule has 566 valence electrons. The highest BCUT2D eigenvalue weighted by atomic mass is 32.1. The van der Waals surface area contributed by atoms with Crippen LogP contribution in [0, 0.1) is 47.3 Å². The molecule has 0 atom stereocenters. The number of nitrogens with zero attached hydrogens (tertiary/aromatic N) is 7. The Labute approximate surface area is 692 Å². The summed E-state index contributed by atoms with van der Waals surface area (Å²) in [4.78, 5) is 15.2. The molecule has 0 aliphatic heterocycles. The molecule has 0 saturated heterocycles. The van der Waals surface area contributed by atoms with Crippen LogP contribution in [0.1, 0.15) is 86.5 Å². The van der Waals surface area contributed by atoms with Crippen molar-refractivity contribution >= 4 is 131 Å². The van der Waals surface area contributed by atoms with Crippen molar-refractivity contribution in [3.8, 4) is 66.8 Å². The predicted molar refractivity (Wildman–Crippen MR) is 491 cm³/mol. The van der Waals surface area contributed by atoms with E-state index in [2.05, 4.69) is 334 Å². The number of para-hydroxylation sites is 5. The Morgan fingerprint density at radius 3 is 1.08 bits per heavy atom. The first-order valence-electron chi connectivity index (χ1n) is 43.5. The third-order valence-corrected chi connectivity index (χ3v) is 32.1. The quantitative estimate of drug-likeness (QED) is 0.156. The number of hydrogen-bond acceptors (Lipinski definition) is 4. The highest BCUT2D eigenvalue weighted by molar-refractivity contribution is 7.20. The van der Waals surface area contributed by atoms with Gasteiger partial charge < -0.3 is 9.13 Å². The van der Waals surface area contributed by atoms with Gasteiger partial charge in [-0.2, -0.15) is 0 Å². The van der Waals surface area contributed by atoms with Gasteiger partial charge in [-0.25, -0.2) is 9.97 Å².